The third kappa shape index (κ3) is 4.28. The van der Waals surface area contributed by atoms with E-state index >= 15 is 0 Å². The van der Waals surface area contributed by atoms with Gasteiger partial charge in [-0.25, -0.2) is 4.79 Å². The molecule has 0 spiro atoms. The van der Waals surface area contributed by atoms with Crippen LogP contribution in [0.3, 0.4) is 0 Å². The van der Waals surface area contributed by atoms with Crippen LogP contribution in [0.2, 0.25) is 0 Å². The Hall–Kier alpha value is -2.95. The molecule has 0 aliphatic carbocycles. The van der Waals surface area contributed by atoms with Gasteiger partial charge in [0.05, 0.1) is 11.9 Å². The zero-order valence-corrected chi connectivity index (χ0v) is 11.4. The summed E-state index contributed by atoms with van der Waals surface area (Å²) in [5, 5.41) is 11.4. The highest BCUT2D eigenvalue weighted by molar-refractivity contribution is 6.04. The molecule has 0 saturated heterocycles. The predicted octanol–water partition coefficient (Wildman–Crippen LogP) is 2.74. The molecular weight excluding hydrogens is 268 g/mol. The number of carbonyl (C=O) groups excluding carboxylic acids is 1. The van der Waals surface area contributed by atoms with Crippen molar-refractivity contribution in [2.24, 2.45) is 0 Å². The first kappa shape index (κ1) is 14.5. The fourth-order valence-corrected chi connectivity index (χ4v) is 1.78. The number of rotatable bonds is 4. The lowest BCUT2D eigenvalue weighted by atomic mass is 10.1. The SMILES string of the molecule is Cc1cncc(NC(=O)c2cccc(/C=C/C(=O)O)c2)c1. The van der Waals surface area contributed by atoms with Crippen molar-refractivity contribution in [1.29, 1.82) is 0 Å². The minimum atomic E-state index is -1.03. The van der Waals surface area contributed by atoms with E-state index in [1.807, 2.05) is 13.0 Å². The quantitative estimate of drug-likeness (QED) is 0.845. The third-order valence-corrected chi connectivity index (χ3v) is 2.70. The number of carboxylic acids is 1. The number of anilines is 1. The van der Waals surface area contributed by atoms with Crippen LogP contribution in [0.15, 0.2) is 48.8 Å². The molecule has 1 amide bonds. The molecule has 0 unspecified atom stereocenters. The Morgan fingerprint density at radius 1 is 1.24 bits per heavy atom. The van der Waals surface area contributed by atoms with Crippen LogP contribution in [0.4, 0.5) is 5.69 Å². The molecule has 5 heteroatoms. The second kappa shape index (κ2) is 6.47. The summed E-state index contributed by atoms with van der Waals surface area (Å²) < 4.78 is 0. The normalized spacial score (nSPS) is 10.5. The van der Waals surface area contributed by atoms with E-state index in [-0.39, 0.29) is 5.91 Å². The summed E-state index contributed by atoms with van der Waals surface area (Å²) in [5.41, 5.74) is 2.66. The Morgan fingerprint density at radius 3 is 2.76 bits per heavy atom. The fraction of sp³-hybridized carbons (Fsp3) is 0.0625. The maximum absolute atomic E-state index is 12.1. The monoisotopic (exact) mass is 282 g/mol. The molecular formula is C16H14N2O3. The van der Waals surface area contributed by atoms with Crippen molar-refractivity contribution in [2.45, 2.75) is 6.92 Å². The molecule has 0 bridgehead atoms. The molecule has 2 N–H and O–H groups in total. The largest absolute Gasteiger partial charge is 0.478 e. The highest BCUT2D eigenvalue weighted by atomic mass is 16.4. The van der Waals surface area contributed by atoms with Crippen molar-refractivity contribution in [1.82, 2.24) is 4.98 Å². The van der Waals surface area contributed by atoms with E-state index in [2.05, 4.69) is 10.3 Å². The van der Waals surface area contributed by atoms with Gasteiger partial charge in [-0.3, -0.25) is 9.78 Å². The smallest absolute Gasteiger partial charge is 0.328 e. The van der Waals surface area contributed by atoms with E-state index in [9.17, 15) is 9.59 Å². The van der Waals surface area contributed by atoms with E-state index in [1.54, 1.807) is 36.7 Å². The van der Waals surface area contributed by atoms with Gasteiger partial charge in [-0.05, 0) is 42.3 Å². The molecule has 0 aliphatic rings. The van der Waals surface area contributed by atoms with Crippen molar-refractivity contribution in [3.05, 3.63) is 65.5 Å². The summed E-state index contributed by atoms with van der Waals surface area (Å²) in [5.74, 6) is -1.30. The molecule has 5 nitrogen and oxygen atoms in total. The maximum Gasteiger partial charge on any atom is 0.328 e. The summed E-state index contributed by atoms with van der Waals surface area (Å²) in [6, 6.07) is 8.53. The Balaban J connectivity index is 2.16. The summed E-state index contributed by atoms with van der Waals surface area (Å²) in [6.45, 7) is 1.89. The number of carboxylic acid groups (broad SMARTS) is 1. The number of hydrogen-bond donors (Lipinski definition) is 2. The molecule has 2 aromatic rings. The summed E-state index contributed by atoms with van der Waals surface area (Å²) in [7, 11) is 0. The molecule has 0 aliphatic heterocycles. The number of aryl methyl sites for hydroxylation is 1. The Bertz CT molecular complexity index is 708. The average Bonchev–Trinajstić information content (AvgIpc) is 2.45. The Labute approximate surface area is 122 Å². The standard InChI is InChI=1S/C16H14N2O3/c1-11-7-14(10-17-9-11)18-16(21)13-4-2-3-12(8-13)5-6-15(19)20/h2-10H,1H3,(H,18,21)(H,19,20)/b6-5+. The zero-order valence-electron chi connectivity index (χ0n) is 11.4. The first-order valence-electron chi connectivity index (χ1n) is 6.29. The molecule has 0 atom stereocenters. The van der Waals surface area contributed by atoms with Crippen molar-refractivity contribution in [3.8, 4) is 0 Å². The predicted molar refractivity (Wildman–Crippen MR) is 80.0 cm³/mol. The third-order valence-electron chi connectivity index (χ3n) is 2.70. The topological polar surface area (TPSA) is 79.3 Å². The summed E-state index contributed by atoms with van der Waals surface area (Å²) in [4.78, 5) is 26.6. The number of nitrogens with one attached hydrogen (secondary N) is 1. The molecule has 1 aromatic heterocycles. The van der Waals surface area contributed by atoms with Gasteiger partial charge in [0.25, 0.3) is 5.91 Å². The van der Waals surface area contributed by atoms with Gasteiger partial charge < -0.3 is 10.4 Å². The lowest BCUT2D eigenvalue weighted by Crippen LogP contribution is -2.12. The van der Waals surface area contributed by atoms with Crippen LogP contribution in [-0.4, -0.2) is 22.0 Å². The van der Waals surface area contributed by atoms with Crippen LogP contribution in [0.1, 0.15) is 21.5 Å². The summed E-state index contributed by atoms with van der Waals surface area (Å²) in [6.07, 6.45) is 5.74. The highest BCUT2D eigenvalue weighted by Gasteiger charge is 2.06. The van der Waals surface area contributed by atoms with E-state index in [4.69, 9.17) is 5.11 Å². The first-order valence-corrected chi connectivity index (χ1v) is 6.29. The van der Waals surface area contributed by atoms with Crippen LogP contribution in [0.5, 0.6) is 0 Å². The summed E-state index contributed by atoms with van der Waals surface area (Å²) >= 11 is 0. The van der Waals surface area contributed by atoms with Crippen molar-refractivity contribution >= 4 is 23.6 Å². The van der Waals surface area contributed by atoms with Crippen LogP contribution < -0.4 is 5.32 Å². The number of nitrogens with zero attached hydrogens (tertiary/aromatic N) is 1. The molecule has 1 aromatic carbocycles. The van der Waals surface area contributed by atoms with Gasteiger partial charge in [-0.1, -0.05) is 12.1 Å². The minimum Gasteiger partial charge on any atom is -0.478 e. The minimum absolute atomic E-state index is 0.270. The zero-order chi connectivity index (χ0) is 15.2. The Kier molecular flexibility index (Phi) is 4.46. The number of aromatic nitrogens is 1. The number of aliphatic carboxylic acids is 1. The number of pyridine rings is 1. The lowest BCUT2D eigenvalue weighted by molar-refractivity contribution is -0.131. The van der Waals surface area contributed by atoms with Crippen LogP contribution in [-0.2, 0) is 4.79 Å². The molecule has 21 heavy (non-hydrogen) atoms. The number of amides is 1. The highest BCUT2D eigenvalue weighted by Crippen LogP contribution is 2.12. The molecule has 1 heterocycles. The first-order chi connectivity index (χ1) is 10.0. The van der Waals surface area contributed by atoms with Crippen LogP contribution >= 0.6 is 0 Å². The van der Waals surface area contributed by atoms with Gasteiger partial charge in [0.2, 0.25) is 0 Å². The van der Waals surface area contributed by atoms with Gasteiger partial charge in [0.1, 0.15) is 0 Å². The maximum atomic E-state index is 12.1. The molecule has 0 radical (unpaired) electrons. The lowest BCUT2D eigenvalue weighted by Gasteiger charge is -2.06. The number of hydrogen-bond acceptors (Lipinski definition) is 3. The van der Waals surface area contributed by atoms with Crippen LogP contribution in [0, 0.1) is 6.92 Å². The Morgan fingerprint density at radius 2 is 2.05 bits per heavy atom. The van der Waals surface area contributed by atoms with Gasteiger partial charge >= 0.3 is 5.97 Å². The van der Waals surface area contributed by atoms with E-state index in [0.29, 0.717) is 16.8 Å². The fourth-order valence-electron chi connectivity index (χ4n) is 1.78. The average molecular weight is 282 g/mol. The van der Waals surface area contributed by atoms with Gasteiger partial charge in [-0.15, -0.1) is 0 Å². The van der Waals surface area contributed by atoms with E-state index in [0.717, 1.165) is 11.6 Å². The van der Waals surface area contributed by atoms with Gasteiger partial charge in [-0.2, -0.15) is 0 Å². The van der Waals surface area contributed by atoms with Crippen molar-refractivity contribution in [3.63, 3.8) is 0 Å². The molecule has 106 valence electrons. The van der Waals surface area contributed by atoms with E-state index < -0.39 is 5.97 Å². The number of benzene rings is 1. The molecule has 0 saturated carbocycles. The molecule has 2 rings (SSSR count). The number of carbonyl (C=O) groups is 2. The van der Waals surface area contributed by atoms with Gasteiger partial charge in [0.15, 0.2) is 0 Å². The van der Waals surface area contributed by atoms with Crippen LogP contribution in [0.25, 0.3) is 6.08 Å². The van der Waals surface area contributed by atoms with Crippen molar-refractivity contribution < 1.29 is 14.7 Å². The second-order valence-electron chi connectivity index (χ2n) is 4.50. The van der Waals surface area contributed by atoms with E-state index in [1.165, 1.54) is 6.08 Å². The second-order valence-corrected chi connectivity index (χ2v) is 4.50. The van der Waals surface area contributed by atoms with Gasteiger partial charge in [0, 0.05) is 17.8 Å². The molecule has 0 fully saturated rings. The van der Waals surface area contributed by atoms with Crippen molar-refractivity contribution in [2.75, 3.05) is 5.32 Å².